The fraction of sp³-hybridized carbons (Fsp3) is 0.467. The first-order valence-electron chi connectivity index (χ1n) is 7.04. The maximum atomic E-state index is 12.3. The number of hydrogen-bond acceptors (Lipinski definition) is 4. The molecule has 7 heteroatoms. The number of carbonyl (C=O) groups is 2. The van der Waals surface area contributed by atoms with Gasteiger partial charge in [-0.2, -0.15) is 8.78 Å². The first-order valence-corrected chi connectivity index (χ1v) is 7.04. The second-order valence-corrected chi connectivity index (χ2v) is 5.18. The number of anilines is 1. The summed E-state index contributed by atoms with van der Waals surface area (Å²) < 4.78 is 29.0. The van der Waals surface area contributed by atoms with Crippen molar-refractivity contribution in [2.24, 2.45) is 11.8 Å². The van der Waals surface area contributed by atoms with Crippen molar-refractivity contribution in [2.75, 3.05) is 5.32 Å². The molecule has 1 aromatic carbocycles. The Labute approximate surface area is 126 Å². The maximum absolute atomic E-state index is 12.3. The topological polar surface area (TPSA) is 78.5 Å². The van der Waals surface area contributed by atoms with Crippen molar-refractivity contribution in [3.05, 3.63) is 24.3 Å². The Morgan fingerprint density at radius 3 is 2.45 bits per heavy atom. The van der Waals surface area contributed by atoms with Crippen molar-refractivity contribution in [2.45, 2.75) is 32.3 Å². The van der Waals surface area contributed by atoms with E-state index in [4.69, 9.17) is 0 Å². The van der Waals surface area contributed by atoms with Crippen LogP contribution in [-0.4, -0.2) is 18.5 Å². The highest BCUT2D eigenvalue weighted by Crippen LogP contribution is 2.32. The van der Waals surface area contributed by atoms with E-state index in [1.807, 2.05) is 0 Å². The van der Waals surface area contributed by atoms with E-state index in [0.717, 1.165) is 12.8 Å². The third-order valence-corrected chi connectivity index (χ3v) is 3.77. The van der Waals surface area contributed by atoms with Crippen molar-refractivity contribution in [1.29, 1.82) is 0 Å². The lowest BCUT2D eigenvalue weighted by molar-refractivity contribution is -0.313. The van der Waals surface area contributed by atoms with Crippen LogP contribution >= 0.6 is 0 Å². The van der Waals surface area contributed by atoms with Crippen LogP contribution < -0.4 is 15.2 Å². The molecular formula is C15H16F2NO4-. The second kappa shape index (κ2) is 7.20. The molecule has 1 saturated carbocycles. The molecule has 2 atom stereocenters. The average Bonchev–Trinajstić information content (AvgIpc) is 2.48. The predicted molar refractivity (Wildman–Crippen MR) is 72.2 cm³/mol. The smallest absolute Gasteiger partial charge is 0.387 e. The Hall–Kier alpha value is -2.18. The van der Waals surface area contributed by atoms with Gasteiger partial charge in [-0.3, -0.25) is 4.79 Å². The van der Waals surface area contributed by atoms with Gasteiger partial charge in [-0.05, 0) is 25.0 Å². The summed E-state index contributed by atoms with van der Waals surface area (Å²) in [6.45, 7) is -3.01. The molecule has 0 radical (unpaired) electrons. The molecule has 22 heavy (non-hydrogen) atoms. The maximum Gasteiger partial charge on any atom is 0.387 e. The Morgan fingerprint density at radius 1 is 1.18 bits per heavy atom. The highest BCUT2D eigenvalue weighted by molar-refractivity contribution is 5.96. The summed E-state index contributed by atoms with van der Waals surface area (Å²) in [7, 11) is 0. The zero-order chi connectivity index (χ0) is 16.1. The van der Waals surface area contributed by atoms with Gasteiger partial charge in [0.1, 0.15) is 5.75 Å². The van der Waals surface area contributed by atoms with Crippen molar-refractivity contribution < 1.29 is 28.2 Å². The van der Waals surface area contributed by atoms with Crippen LogP contribution in [0.5, 0.6) is 5.75 Å². The number of rotatable bonds is 5. The summed E-state index contributed by atoms with van der Waals surface area (Å²) in [4.78, 5) is 23.4. The minimum atomic E-state index is -3.01. The Bertz CT molecular complexity index is 550. The van der Waals surface area contributed by atoms with Gasteiger partial charge in [0.15, 0.2) is 0 Å². The minimum Gasteiger partial charge on any atom is -0.550 e. The lowest BCUT2D eigenvalue weighted by Crippen LogP contribution is -2.42. The van der Waals surface area contributed by atoms with Gasteiger partial charge in [0.2, 0.25) is 5.91 Å². The molecule has 1 aliphatic carbocycles. The normalized spacial score (nSPS) is 21.4. The van der Waals surface area contributed by atoms with E-state index in [1.165, 1.54) is 18.2 Å². The molecule has 0 spiro atoms. The molecule has 0 heterocycles. The van der Waals surface area contributed by atoms with Gasteiger partial charge in [0, 0.05) is 17.8 Å². The zero-order valence-electron chi connectivity index (χ0n) is 11.8. The molecule has 1 amide bonds. The number of carboxylic acid groups (broad SMARTS) is 1. The molecule has 5 nitrogen and oxygen atoms in total. The van der Waals surface area contributed by atoms with Crippen LogP contribution in [0.15, 0.2) is 24.3 Å². The monoisotopic (exact) mass is 312 g/mol. The highest BCUT2D eigenvalue weighted by Gasteiger charge is 2.32. The van der Waals surface area contributed by atoms with Crippen molar-refractivity contribution in [3.63, 3.8) is 0 Å². The Kier molecular flexibility index (Phi) is 5.30. The number of carbonyl (C=O) groups excluding carboxylic acids is 2. The summed E-state index contributed by atoms with van der Waals surface area (Å²) in [6.07, 6.45) is 2.29. The zero-order valence-corrected chi connectivity index (χ0v) is 11.8. The van der Waals surface area contributed by atoms with E-state index in [9.17, 15) is 23.5 Å². The number of ether oxygens (including phenoxy) is 1. The highest BCUT2D eigenvalue weighted by atomic mass is 19.3. The van der Waals surface area contributed by atoms with E-state index in [-0.39, 0.29) is 11.4 Å². The van der Waals surface area contributed by atoms with E-state index in [1.54, 1.807) is 6.07 Å². The van der Waals surface area contributed by atoms with E-state index >= 15 is 0 Å². The molecule has 1 aliphatic rings. The quantitative estimate of drug-likeness (QED) is 0.899. The molecule has 120 valence electrons. The molecule has 0 saturated heterocycles. The predicted octanol–water partition coefficient (Wildman–Crippen LogP) is 1.78. The number of hydrogen-bond donors (Lipinski definition) is 1. The number of halogens is 2. The van der Waals surface area contributed by atoms with Crippen LogP contribution in [0.1, 0.15) is 25.7 Å². The number of alkyl halides is 2. The number of para-hydroxylation sites is 2. The van der Waals surface area contributed by atoms with Crippen LogP contribution in [-0.2, 0) is 9.59 Å². The molecule has 0 bridgehead atoms. The fourth-order valence-corrected chi connectivity index (χ4v) is 2.72. The van der Waals surface area contributed by atoms with Crippen LogP contribution in [0.3, 0.4) is 0 Å². The third kappa shape index (κ3) is 3.93. The van der Waals surface area contributed by atoms with Crippen LogP contribution in [0.2, 0.25) is 0 Å². The van der Waals surface area contributed by atoms with Crippen LogP contribution in [0.4, 0.5) is 14.5 Å². The van der Waals surface area contributed by atoms with E-state index in [2.05, 4.69) is 10.1 Å². The summed E-state index contributed by atoms with van der Waals surface area (Å²) >= 11 is 0. The van der Waals surface area contributed by atoms with Gasteiger partial charge in [0.05, 0.1) is 5.69 Å². The minimum absolute atomic E-state index is 0.0930. The lowest BCUT2D eigenvalue weighted by Gasteiger charge is -2.31. The van der Waals surface area contributed by atoms with Gasteiger partial charge in [0.25, 0.3) is 0 Å². The number of aliphatic carboxylic acids is 1. The van der Waals surface area contributed by atoms with Crippen LogP contribution in [0.25, 0.3) is 0 Å². The average molecular weight is 312 g/mol. The van der Waals surface area contributed by atoms with E-state index in [0.29, 0.717) is 12.8 Å². The number of carboxylic acids is 1. The van der Waals surface area contributed by atoms with Gasteiger partial charge in [-0.1, -0.05) is 25.0 Å². The molecule has 2 rings (SSSR count). The largest absolute Gasteiger partial charge is 0.550 e. The summed E-state index contributed by atoms with van der Waals surface area (Å²) in [5, 5.41) is 13.6. The standard InChI is InChI=1S/C15H17F2NO4/c16-15(17)22-12-8-4-3-7-11(12)18-13(19)9-5-1-2-6-10(9)14(20)21/h3-4,7-10,15H,1-2,5-6H2,(H,18,19)(H,20,21)/p-1/t9-,10-/m0/s1. The van der Waals surface area contributed by atoms with Crippen LogP contribution in [0, 0.1) is 11.8 Å². The van der Waals surface area contributed by atoms with E-state index < -0.39 is 30.3 Å². The van der Waals surface area contributed by atoms with Gasteiger partial charge < -0.3 is 20.0 Å². The van der Waals surface area contributed by atoms with Crippen molar-refractivity contribution >= 4 is 17.6 Å². The van der Waals surface area contributed by atoms with Gasteiger partial charge in [-0.25, -0.2) is 0 Å². The first kappa shape index (κ1) is 16.2. The van der Waals surface area contributed by atoms with Gasteiger partial charge in [-0.15, -0.1) is 0 Å². The molecule has 0 unspecified atom stereocenters. The molecule has 1 fully saturated rings. The summed E-state index contributed by atoms with van der Waals surface area (Å²) in [5.41, 5.74) is 0.0930. The first-order chi connectivity index (χ1) is 10.5. The Balaban J connectivity index is 2.12. The molecule has 0 aromatic heterocycles. The van der Waals surface area contributed by atoms with Crippen molar-refractivity contribution in [1.82, 2.24) is 0 Å². The lowest BCUT2D eigenvalue weighted by atomic mass is 9.78. The van der Waals surface area contributed by atoms with Gasteiger partial charge >= 0.3 is 6.61 Å². The molecule has 1 aromatic rings. The molecule has 1 N–H and O–H groups in total. The SMILES string of the molecule is O=C([O-])[C@H]1CCCC[C@@H]1C(=O)Nc1ccccc1OC(F)F. The Morgan fingerprint density at radius 2 is 1.82 bits per heavy atom. The van der Waals surface area contributed by atoms with Crippen molar-refractivity contribution in [3.8, 4) is 5.75 Å². The summed E-state index contributed by atoms with van der Waals surface area (Å²) in [5.74, 6) is -3.50. The third-order valence-electron chi connectivity index (χ3n) is 3.77. The fourth-order valence-electron chi connectivity index (χ4n) is 2.72. The number of benzene rings is 1. The second-order valence-electron chi connectivity index (χ2n) is 5.18. The summed E-state index contributed by atoms with van der Waals surface area (Å²) in [6, 6.07) is 5.79. The molecule has 0 aliphatic heterocycles. The number of amides is 1. The molecular weight excluding hydrogens is 296 g/mol. The number of nitrogens with one attached hydrogen (secondary N) is 1.